The van der Waals surface area contributed by atoms with Gasteiger partial charge in [0.05, 0.1) is 17.5 Å². The number of ether oxygens (including phenoxy) is 1. The van der Waals surface area contributed by atoms with E-state index in [0.29, 0.717) is 23.7 Å². The van der Waals surface area contributed by atoms with Crippen molar-refractivity contribution < 1.29 is 13.2 Å². The van der Waals surface area contributed by atoms with Crippen LogP contribution in [0.1, 0.15) is 20.8 Å². The zero-order chi connectivity index (χ0) is 14.9. The van der Waals surface area contributed by atoms with Crippen molar-refractivity contribution in [1.29, 1.82) is 0 Å². The van der Waals surface area contributed by atoms with E-state index in [9.17, 15) is 8.42 Å². The van der Waals surface area contributed by atoms with Crippen LogP contribution in [-0.4, -0.2) is 19.6 Å². The minimum absolute atomic E-state index is 0.110. The van der Waals surface area contributed by atoms with Crippen molar-refractivity contribution in [2.75, 3.05) is 6.61 Å². The molecule has 0 unspecified atom stereocenters. The fourth-order valence-corrected chi connectivity index (χ4v) is 3.34. The van der Waals surface area contributed by atoms with Gasteiger partial charge in [-0.05, 0) is 25.0 Å². The third-order valence-corrected chi connectivity index (χ3v) is 4.29. The van der Waals surface area contributed by atoms with E-state index in [1.807, 2.05) is 23.6 Å². The van der Waals surface area contributed by atoms with Gasteiger partial charge >= 0.3 is 0 Å². The summed E-state index contributed by atoms with van der Waals surface area (Å²) < 4.78 is 31.0. The second-order valence-electron chi connectivity index (χ2n) is 5.06. The number of nitrogens with zero attached hydrogens (tertiary/aromatic N) is 1. The van der Waals surface area contributed by atoms with Gasteiger partial charge in [0.2, 0.25) is 0 Å². The summed E-state index contributed by atoms with van der Waals surface area (Å²) in [4.78, 5) is 0.110. The molecule has 2 rings (SSSR count). The van der Waals surface area contributed by atoms with E-state index in [-0.39, 0.29) is 4.90 Å². The van der Waals surface area contributed by atoms with Crippen molar-refractivity contribution in [2.45, 2.75) is 32.2 Å². The van der Waals surface area contributed by atoms with Crippen LogP contribution in [0.2, 0.25) is 0 Å². The van der Waals surface area contributed by atoms with Crippen LogP contribution in [0.25, 0.3) is 10.9 Å². The number of rotatable bonds is 5. The van der Waals surface area contributed by atoms with Gasteiger partial charge in [0.1, 0.15) is 10.6 Å². The van der Waals surface area contributed by atoms with Gasteiger partial charge in [0, 0.05) is 23.4 Å². The fourth-order valence-electron chi connectivity index (χ4n) is 2.29. The highest BCUT2D eigenvalue weighted by Crippen LogP contribution is 2.35. The highest BCUT2D eigenvalue weighted by atomic mass is 35.7. The lowest BCUT2D eigenvalue weighted by Crippen LogP contribution is -2.02. The second kappa shape index (κ2) is 5.66. The predicted octanol–water partition coefficient (Wildman–Crippen LogP) is 3.62. The lowest BCUT2D eigenvalue weighted by molar-refractivity contribution is 0.344. The third kappa shape index (κ3) is 2.94. The molecule has 2 aromatic rings. The van der Waals surface area contributed by atoms with Crippen molar-refractivity contribution in [3.05, 3.63) is 24.4 Å². The zero-order valence-corrected chi connectivity index (χ0v) is 13.3. The van der Waals surface area contributed by atoms with E-state index in [4.69, 9.17) is 15.4 Å². The molecule has 0 saturated heterocycles. The Hall–Kier alpha value is -1.20. The van der Waals surface area contributed by atoms with Crippen molar-refractivity contribution in [3.63, 3.8) is 0 Å². The molecule has 0 aliphatic carbocycles. The molecule has 1 aromatic heterocycles. The van der Waals surface area contributed by atoms with Gasteiger partial charge in [-0.25, -0.2) is 8.42 Å². The Morgan fingerprint density at radius 1 is 1.35 bits per heavy atom. The molecule has 0 saturated carbocycles. The van der Waals surface area contributed by atoms with Gasteiger partial charge in [-0.1, -0.05) is 19.9 Å². The lowest BCUT2D eigenvalue weighted by atomic mass is 10.2. The van der Waals surface area contributed by atoms with E-state index in [1.165, 1.54) is 0 Å². The molecule has 0 spiro atoms. The maximum Gasteiger partial charge on any atom is 0.263 e. The quantitative estimate of drug-likeness (QED) is 0.792. The summed E-state index contributed by atoms with van der Waals surface area (Å²) in [5.74, 6) is 0.943. The Labute approximate surface area is 123 Å². The van der Waals surface area contributed by atoms with Crippen molar-refractivity contribution >= 4 is 30.6 Å². The van der Waals surface area contributed by atoms with Crippen molar-refractivity contribution in [3.8, 4) is 5.75 Å². The average molecular weight is 316 g/mol. The molecule has 1 aromatic carbocycles. The summed E-state index contributed by atoms with van der Waals surface area (Å²) in [5, 5.41) is 0.560. The molecule has 0 fully saturated rings. The van der Waals surface area contributed by atoms with Crippen LogP contribution in [0.3, 0.4) is 0 Å². The number of hydrogen-bond donors (Lipinski definition) is 0. The van der Waals surface area contributed by atoms with E-state index in [2.05, 4.69) is 13.8 Å². The molecule has 4 nitrogen and oxygen atoms in total. The number of halogens is 1. The standard InChI is InChI=1S/C14H18ClNO3S/c1-4-19-12-7-5-6-11-14(12)13(20(15,17)18)9-16(11)8-10(2)3/h5-7,9-10H,4,8H2,1-3H3. The zero-order valence-electron chi connectivity index (χ0n) is 11.8. The minimum atomic E-state index is -3.81. The van der Waals surface area contributed by atoms with Crippen molar-refractivity contribution in [2.24, 2.45) is 5.92 Å². The van der Waals surface area contributed by atoms with Gasteiger partial charge in [0.25, 0.3) is 9.05 Å². The molecule has 0 N–H and O–H groups in total. The molecule has 0 aliphatic heterocycles. The number of hydrogen-bond acceptors (Lipinski definition) is 3. The van der Waals surface area contributed by atoms with E-state index < -0.39 is 9.05 Å². The van der Waals surface area contributed by atoms with Gasteiger partial charge in [0.15, 0.2) is 0 Å². The monoisotopic (exact) mass is 315 g/mol. The lowest BCUT2D eigenvalue weighted by Gasteiger charge is -2.09. The Morgan fingerprint density at radius 2 is 2.05 bits per heavy atom. The fraction of sp³-hybridized carbons (Fsp3) is 0.429. The van der Waals surface area contributed by atoms with Gasteiger partial charge in [-0.3, -0.25) is 0 Å². The molecule has 0 amide bonds. The SMILES string of the molecule is CCOc1cccc2c1c(S(=O)(=O)Cl)cn2CC(C)C. The maximum absolute atomic E-state index is 11.8. The molecular formula is C14H18ClNO3S. The summed E-state index contributed by atoms with van der Waals surface area (Å²) in [6, 6.07) is 5.50. The van der Waals surface area contributed by atoms with E-state index in [0.717, 1.165) is 12.1 Å². The molecule has 110 valence electrons. The van der Waals surface area contributed by atoms with Gasteiger partial charge in [-0.2, -0.15) is 0 Å². The molecule has 0 atom stereocenters. The van der Waals surface area contributed by atoms with Crippen LogP contribution in [0.15, 0.2) is 29.3 Å². The van der Waals surface area contributed by atoms with Crippen LogP contribution in [0.5, 0.6) is 5.75 Å². The maximum atomic E-state index is 11.8. The van der Waals surface area contributed by atoms with Crippen molar-refractivity contribution in [1.82, 2.24) is 4.57 Å². The van der Waals surface area contributed by atoms with Crippen LogP contribution in [0, 0.1) is 5.92 Å². The normalized spacial score (nSPS) is 12.2. The summed E-state index contributed by atoms with van der Waals surface area (Å²) in [6.07, 6.45) is 1.59. The highest BCUT2D eigenvalue weighted by Gasteiger charge is 2.22. The van der Waals surface area contributed by atoms with E-state index in [1.54, 1.807) is 12.3 Å². The summed E-state index contributed by atoms with van der Waals surface area (Å²) in [5.41, 5.74) is 0.823. The minimum Gasteiger partial charge on any atom is -0.493 e. The average Bonchev–Trinajstić information content (AvgIpc) is 2.69. The molecular weight excluding hydrogens is 298 g/mol. The Morgan fingerprint density at radius 3 is 2.60 bits per heavy atom. The molecule has 20 heavy (non-hydrogen) atoms. The molecule has 0 aliphatic rings. The predicted molar refractivity (Wildman–Crippen MR) is 81.0 cm³/mol. The Kier molecular flexibility index (Phi) is 4.30. The third-order valence-electron chi connectivity index (χ3n) is 2.96. The number of aromatic nitrogens is 1. The smallest absolute Gasteiger partial charge is 0.263 e. The number of fused-ring (bicyclic) bond motifs is 1. The molecule has 6 heteroatoms. The van der Waals surface area contributed by atoms with Crippen LogP contribution >= 0.6 is 10.7 Å². The van der Waals surface area contributed by atoms with Crippen LogP contribution in [-0.2, 0) is 15.6 Å². The Balaban J connectivity index is 2.77. The first kappa shape index (κ1) is 15.2. The molecule has 0 bridgehead atoms. The summed E-state index contributed by atoms with van der Waals surface area (Å²) in [7, 11) is 1.75. The van der Waals surface area contributed by atoms with Crippen LogP contribution in [0.4, 0.5) is 0 Å². The largest absolute Gasteiger partial charge is 0.493 e. The van der Waals surface area contributed by atoms with Crippen LogP contribution < -0.4 is 4.74 Å². The highest BCUT2D eigenvalue weighted by molar-refractivity contribution is 8.14. The van der Waals surface area contributed by atoms with E-state index >= 15 is 0 Å². The topological polar surface area (TPSA) is 48.3 Å². The van der Waals surface area contributed by atoms with Gasteiger partial charge in [-0.15, -0.1) is 0 Å². The number of benzene rings is 1. The Bertz CT molecular complexity index is 719. The first-order valence-electron chi connectivity index (χ1n) is 6.54. The molecule has 1 heterocycles. The summed E-state index contributed by atoms with van der Waals surface area (Å²) in [6.45, 7) is 7.20. The molecule has 0 radical (unpaired) electrons. The first-order valence-corrected chi connectivity index (χ1v) is 8.84. The van der Waals surface area contributed by atoms with Gasteiger partial charge < -0.3 is 9.30 Å². The summed E-state index contributed by atoms with van der Waals surface area (Å²) >= 11 is 0. The first-order chi connectivity index (χ1) is 9.34. The second-order valence-corrected chi connectivity index (χ2v) is 7.60.